The summed E-state index contributed by atoms with van der Waals surface area (Å²) in [6.07, 6.45) is 5.60. The zero-order valence-corrected chi connectivity index (χ0v) is 13.6. The van der Waals surface area contributed by atoms with Gasteiger partial charge in [-0.15, -0.1) is 0 Å². The fraction of sp³-hybridized carbons (Fsp3) is 0.706. The average Bonchev–Trinajstić information content (AvgIpc) is 2.51. The van der Waals surface area contributed by atoms with Gasteiger partial charge in [-0.25, -0.2) is 0 Å². The molecular weight excluding hydrogens is 264 g/mol. The number of ether oxygens (including phenoxy) is 1. The lowest BCUT2D eigenvalue weighted by Crippen LogP contribution is -2.34. The van der Waals surface area contributed by atoms with E-state index in [9.17, 15) is 4.79 Å². The van der Waals surface area contributed by atoms with Crippen LogP contribution in [0.3, 0.4) is 0 Å². The first kappa shape index (κ1) is 16.2. The van der Waals surface area contributed by atoms with E-state index < -0.39 is 0 Å². The Morgan fingerprint density at radius 3 is 2.86 bits per heavy atom. The molecule has 1 heterocycles. The van der Waals surface area contributed by atoms with Crippen LogP contribution in [-0.2, 0) is 30.7 Å². The van der Waals surface area contributed by atoms with Gasteiger partial charge in [-0.1, -0.05) is 6.92 Å². The quantitative estimate of drug-likeness (QED) is 0.838. The fourth-order valence-corrected chi connectivity index (χ4v) is 2.92. The van der Waals surface area contributed by atoms with Gasteiger partial charge in [-0.05, 0) is 50.7 Å². The Hall–Kier alpha value is -1.13. The zero-order chi connectivity index (χ0) is 15.2. The Morgan fingerprint density at radius 2 is 2.14 bits per heavy atom. The number of aromatic nitrogens is 1. The zero-order valence-electron chi connectivity index (χ0n) is 13.6. The van der Waals surface area contributed by atoms with Gasteiger partial charge in [0.2, 0.25) is 0 Å². The van der Waals surface area contributed by atoms with Crippen LogP contribution in [0.2, 0.25) is 0 Å². The summed E-state index contributed by atoms with van der Waals surface area (Å²) in [5.41, 5.74) is 3.64. The van der Waals surface area contributed by atoms with Crippen molar-refractivity contribution in [1.82, 2.24) is 9.88 Å². The number of pyridine rings is 1. The van der Waals surface area contributed by atoms with Crippen LogP contribution >= 0.6 is 0 Å². The second kappa shape index (κ2) is 7.76. The molecule has 1 unspecified atom stereocenters. The van der Waals surface area contributed by atoms with E-state index in [1.165, 1.54) is 24.1 Å². The van der Waals surface area contributed by atoms with E-state index in [-0.39, 0.29) is 5.56 Å². The van der Waals surface area contributed by atoms with Gasteiger partial charge >= 0.3 is 0 Å². The topological polar surface area (TPSA) is 43.3 Å². The molecule has 0 spiro atoms. The summed E-state index contributed by atoms with van der Waals surface area (Å²) in [6.45, 7) is 6.22. The number of methoxy groups -OCH3 is 1. The van der Waals surface area contributed by atoms with Crippen LogP contribution in [0, 0.1) is 0 Å². The third-order valence-electron chi connectivity index (χ3n) is 4.45. The summed E-state index contributed by atoms with van der Waals surface area (Å²) in [6, 6.07) is 2.57. The highest BCUT2D eigenvalue weighted by atomic mass is 16.5. The Morgan fingerprint density at radius 1 is 1.38 bits per heavy atom. The smallest absolute Gasteiger partial charge is 0.255 e. The third kappa shape index (κ3) is 3.95. The molecule has 0 radical (unpaired) electrons. The predicted molar refractivity (Wildman–Crippen MR) is 85.8 cm³/mol. The van der Waals surface area contributed by atoms with E-state index in [2.05, 4.69) is 25.2 Å². The molecule has 4 heteroatoms. The highest BCUT2D eigenvalue weighted by Gasteiger charge is 2.17. The Kier molecular flexibility index (Phi) is 6.00. The minimum Gasteiger partial charge on any atom is -0.383 e. The highest BCUT2D eigenvalue weighted by Crippen LogP contribution is 2.20. The number of fused-ring (bicyclic) bond motifs is 1. The van der Waals surface area contributed by atoms with E-state index >= 15 is 0 Å². The first-order valence-electron chi connectivity index (χ1n) is 8.14. The normalized spacial score (nSPS) is 15.8. The Labute approximate surface area is 127 Å². The summed E-state index contributed by atoms with van der Waals surface area (Å²) in [4.78, 5) is 12.7. The monoisotopic (exact) mass is 292 g/mol. The molecule has 118 valence electrons. The van der Waals surface area contributed by atoms with Crippen molar-refractivity contribution in [2.24, 2.45) is 0 Å². The molecule has 1 aliphatic carbocycles. The van der Waals surface area contributed by atoms with E-state index in [1.807, 2.05) is 4.57 Å². The maximum Gasteiger partial charge on any atom is 0.255 e. The van der Waals surface area contributed by atoms with Gasteiger partial charge in [0.25, 0.3) is 5.56 Å². The molecule has 0 aliphatic heterocycles. The second-order valence-electron chi connectivity index (χ2n) is 5.99. The molecule has 0 saturated carbocycles. The summed E-state index contributed by atoms with van der Waals surface area (Å²) in [7, 11) is 1.69. The highest BCUT2D eigenvalue weighted by molar-refractivity contribution is 5.29. The van der Waals surface area contributed by atoms with E-state index in [0.29, 0.717) is 25.7 Å². The molecule has 1 N–H and O–H groups in total. The van der Waals surface area contributed by atoms with Crippen LogP contribution < -0.4 is 10.9 Å². The molecule has 0 fully saturated rings. The minimum atomic E-state index is 0.156. The fourth-order valence-electron chi connectivity index (χ4n) is 2.92. The van der Waals surface area contributed by atoms with Gasteiger partial charge in [0.05, 0.1) is 6.61 Å². The minimum absolute atomic E-state index is 0.156. The maximum absolute atomic E-state index is 12.7. The number of aryl methyl sites for hydroxylation is 1. The first-order valence-corrected chi connectivity index (χ1v) is 8.14. The van der Waals surface area contributed by atoms with Crippen molar-refractivity contribution in [2.75, 3.05) is 13.7 Å². The van der Waals surface area contributed by atoms with Crippen molar-refractivity contribution < 1.29 is 4.74 Å². The Bertz CT molecular complexity index is 522. The number of nitrogens with one attached hydrogen (secondary N) is 1. The lowest BCUT2D eigenvalue weighted by atomic mass is 9.94. The second-order valence-corrected chi connectivity index (χ2v) is 5.99. The molecule has 4 nitrogen and oxygen atoms in total. The molecule has 2 rings (SSSR count). The van der Waals surface area contributed by atoms with E-state index in [0.717, 1.165) is 24.8 Å². The van der Waals surface area contributed by atoms with Gasteiger partial charge in [0.15, 0.2) is 0 Å². The molecule has 0 bridgehead atoms. The van der Waals surface area contributed by atoms with Crippen molar-refractivity contribution >= 4 is 0 Å². The first-order chi connectivity index (χ1) is 10.2. The van der Waals surface area contributed by atoms with Gasteiger partial charge in [-0.2, -0.15) is 0 Å². The molecule has 1 aromatic rings. The van der Waals surface area contributed by atoms with Crippen LogP contribution in [0.5, 0.6) is 0 Å². The largest absolute Gasteiger partial charge is 0.383 e. The molecule has 0 aromatic carbocycles. The third-order valence-corrected chi connectivity index (χ3v) is 4.45. The number of nitrogens with zero attached hydrogens (tertiary/aromatic N) is 1. The molecule has 21 heavy (non-hydrogen) atoms. The molecule has 1 aliphatic rings. The van der Waals surface area contributed by atoms with Crippen LogP contribution in [0.25, 0.3) is 0 Å². The summed E-state index contributed by atoms with van der Waals surface area (Å²) in [5.74, 6) is 0. The van der Waals surface area contributed by atoms with Crippen molar-refractivity contribution in [3.8, 4) is 0 Å². The van der Waals surface area contributed by atoms with Crippen LogP contribution in [-0.4, -0.2) is 24.3 Å². The molecule has 1 aromatic heterocycles. The van der Waals surface area contributed by atoms with Crippen LogP contribution in [0.4, 0.5) is 0 Å². The van der Waals surface area contributed by atoms with Crippen molar-refractivity contribution in [2.45, 2.75) is 65.1 Å². The van der Waals surface area contributed by atoms with Gasteiger partial charge in [0, 0.05) is 37.5 Å². The molecular formula is C17H28N2O2. The van der Waals surface area contributed by atoms with Crippen LogP contribution in [0.15, 0.2) is 10.9 Å². The standard InChI is InChI=1S/C17H28N2O2/c1-4-13(2)18-12-15-11-14-7-5-6-8-16(14)19(17(15)20)9-10-21-3/h11,13,18H,4-10,12H2,1-3H3. The summed E-state index contributed by atoms with van der Waals surface area (Å²) in [5, 5.41) is 3.43. The van der Waals surface area contributed by atoms with Crippen molar-refractivity contribution in [1.29, 1.82) is 0 Å². The summed E-state index contributed by atoms with van der Waals surface area (Å²) < 4.78 is 7.12. The number of hydrogen-bond donors (Lipinski definition) is 1. The number of hydrogen-bond acceptors (Lipinski definition) is 3. The van der Waals surface area contributed by atoms with Crippen LogP contribution in [0.1, 0.15) is 49.9 Å². The molecule has 0 saturated heterocycles. The molecule has 1 atom stereocenters. The lowest BCUT2D eigenvalue weighted by Gasteiger charge is -2.23. The maximum atomic E-state index is 12.7. The summed E-state index contributed by atoms with van der Waals surface area (Å²) >= 11 is 0. The lowest BCUT2D eigenvalue weighted by molar-refractivity contribution is 0.184. The van der Waals surface area contributed by atoms with Gasteiger partial charge in [-0.3, -0.25) is 4.79 Å². The van der Waals surface area contributed by atoms with Crippen molar-refractivity contribution in [3.05, 3.63) is 33.2 Å². The predicted octanol–water partition coefficient (Wildman–Crippen LogP) is 2.26. The van der Waals surface area contributed by atoms with E-state index in [1.54, 1.807) is 7.11 Å². The van der Waals surface area contributed by atoms with E-state index in [4.69, 9.17) is 4.74 Å². The van der Waals surface area contributed by atoms with Gasteiger partial charge < -0.3 is 14.6 Å². The average molecular weight is 292 g/mol. The number of rotatable bonds is 7. The van der Waals surface area contributed by atoms with Crippen molar-refractivity contribution in [3.63, 3.8) is 0 Å². The SMILES string of the molecule is CCC(C)NCc1cc2c(n(CCOC)c1=O)CCCC2. The molecule has 0 amide bonds. The Balaban J connectivity index is 2.30. The van der Waals surface area contributed by atoms with Gasteiger partial charge in [0.1, 0.15) is 0 Å².